The number of halogens is 2. The Morgan fingerprint density at radius 2 is 2.13 bits per heavy atom. The molecule has 84 valence electrons. The number of methoxy groups -OCH3 is 1. The minimum Gasteiger partial charge on any atom is -0.468 e. The van der Waals surface area contributed by atoms with E-state index in [1.54, 1.807) is 18.2 Å². The number of hydrogen-bond acceptors (Lipinski definition) is 3. The van der Waals surface area contributed by atoms with Crippen molar-refractivity contribution in [2.45, 2.75) is 13.0 Å². The summed E-state index contributed by atoms with van der Waals surface area (Å²) in [6.45, 7) is 1.86. The number of aryl methyl sites for hydroxylation is 1. The minimum atomic E-state index is -0.740. The van der Waals surface area contributed by atoms with Gasteiger partial charge in [-0.05, 0) is 24.1 Å². The number of nitrogens with two attached hydrogens (primary N) is 1. The topological polar surface area (TPSA) is 52.3 Å². The molecule has 0 radical (unpaired) electrons. The Labute approximate surface area is 100.0 Å². The van der Waals surface area contributed by atoms with Crippen LogP contribution in [0.5, 0.6) is 0 Å². The van der Waals surface area contributed by atoms with Crippen LogP contribution in [0.15, 0.2) is 18.2 Å². The second kappa shape index (κ2) is 5.95. The zero-order valence-corrected chi connectivity index (χ0v) is 10.1. The first-order valence-electron chi connectivity index (χ1n) is 4.15. The van der Waals surface area contributed by atoms with Gasteiger partial charge in [-0.25, -0.2) is 0 Å². The van der Waals surface area contributed by atoms with Gasteiger partial charge in [0.1, 0.15) is 6.04 Å². The summed E-state index contributed by atoms with van der Waals surface area (Å²) in [7, 11) is 1.31. The third kappa shape index (κ3) is 3.38. The Morgan fingerprint density at radius 3 is 2.60 bits per heavy atom. The average Bonchev–Trinajstić information content (AvgIpc) is 2.20. The third-order valence-corrected chi connectivity index (χ3v) is 2.42. The maximum Gasteiger partial charge on any atom is 0.327 e. The normalized spacial score (nSPS) is 11.5. The number of carbonyl (C=O) groups excluding carboxylic acids is 1. The Morgan fingerprint density at radius 1 is 1.53 bits per heavy atom. The van der Waals surface area contributed by atoms with Gasteiger partial charge in [0, 0.05) is 5.02 Å². The van der Waals surface area contributed by atoms with E-state index >= 15 is 0 Å². The third-order valence-electron chi connectivity index (χ3n) is 2.00. The number of carbonyl (C=O) groups is 1. The molecule has 0 saturated heterocycles. The Hall–Kier alpha value is -0.770. The number of rotatable bonds is 2. The van der Waals surface area contributed by atoms with E-state index in [0.717, 1.165) is 5.56 Å². The van der Waals surface area contributed by atoms with Crippen molar-refractivity contribution in [3.05, 3.63) is 34.3 Å². The molecule has 1 atom stereocenters. The molecule has 1 rings (SSSR count). The molecule has 5 heteroatoms. The number of benzene rings is 1. The van der Waals surface area contributed by atoms with Gasteiger partial charge in [0.2, 0.25) is 0 Å². The van der Waals surface area contributed by atoms with Crippen LogP contribution in [0, 0.1) is 6.92 Å². The molecule has 2 N–H and O–H groups in total. The molecule has 0 bridgehead atoms. The quantitative estimate of drug-likeness (QED) is 0.819. The fraction of sp³-hybridized carbons (Fsp3) is 0.300. The second-order valence-electron chi connectivity index (χ2n) is 3.01. The Bertz CT molecular complexity index is 355. The molecule has 0 aliphatic carbocycles. The highest BCUT2D eigenvalue weighted by Crippen LogP contribution is 2.20. The van der Waals surface area contributed by atoms with Gasteiger partial charge in [-0.2, -0.15) is 0 Å². The molecular weight excluding hydrogens is 237 g/mol. The number of ether oxygens (including phenoxy) is 1. The molecule has 0 fully saturated rings. The van der Waals surface area contributed by atoms with Gasteiger partial charge in [-0.1, -0.05) is 23.7 Å². The monoisotopic (exact) mass is 249 g/mol. The summed E-state index contributed by atoms with van der Waals surface area (Å²) < 4.78 is 4.54. The molecule has 0 heterocycles. The number of esters is 1. The number of hydrogen-bond donors (Lipinski definition) is 1. The second-order valence-corrected chi connectivity index (χ2v) is 3.42. The zero-order chi connectivity index (χ0) is 10.7. The van der Waals surface area contributed by atoms with Crippen molar-refractivity contribution in [1.82, 2.24) is 0 Å². The lowest BCUT2D eigenvalue weighted by atomic mass is 10.1. The summed E-state index contributed by atoms with van der Waals surface area (Å²) in [6, 6.07) is 4.48. The molecule has 15 heavy (non-hydrogen) atoms. The SMILES string of the molecule is COC(=O)[C@@H](N)c1ccc(Cl)c(C)c1.Cl. The van der Waals surface area contributed by atoms with Crippen LogP contribution >= 0.6 is 24.0 Å². The first-order chi connectivity index (χ1) is 6.56. The fourth-order valence-electron chi connectivity index (χ4n) is 1.12. The molecule has 0 spiro atoms. The Kier molecular flexibility index (Phi) is 5.65. The molecular formula is C10H13Cl2NO2. The summed E-state index contributed by atoms with van der Waals surface area (Å²) in [5.41, 5.74) is 7.25. The van der Waals surface area contributed by atoms with E-state index in [4.69, 9.17) is 17.3 Å². The van der Waals surface area contributed by atoms with E-state index in [0.29, 0.717) is 10.6 Å². The maximum absolute atomic E-state index is 11.1. The van der Waals surface area contributed by atoms with Gasteiger partial charge >= 0.3 is 5.97 Å². The van der Waals surface area contributed by atoms with Crippen molar-refractivity contribution in [1.29, 1.82) is 0 Å². The van der Waals surface area contributed by atoms with E-state index in [-0.39, 0.29) is 12.4 Å². The van der Waals surface area contributed by atoms with E-state index < -0.39 is 12.0 Å². The van der Waals surface area contributed by atoms with Crippen LogP contribution in [0.25, 0.3) is 0 Å². The first kappa shape index (κ1) is 14.2. The van der Waals surface area contributed by atoms with Crippen LogP contribution in [0.1, 0.15) is 17.2 Å². The highest BCUT2D eigenvalue weighted by atomic mass is 35.5. The van der Waals surface area contributed by atoms with Crippen molar-refractivity contribution in [3.8, 4) is 0 Å². The first-order valence-corrected chi connectivity index (χ1v) is 4.53. The molecule has 0 aliphatic rings. The van der Waals surface area contributed by atoms with Crippen LogP contribution in [0.4, 0.5) is 0 Å². The predicted molar refractivity (Wildman–Crippen MR) is 62.4 cm³/mol. The molecule has 0 aromatic heterocycles. The van der Waals surface area contributed by atoms with Crippen LogP contribution in [-0.2, 0) is 9.53 Å². The lowest BCUT2D eigenvalue weighted by Crippen LogP contribution is -2.22. The van der Waals surface area contributed by atoms with Crippen LogP contribution < -0.4 is 5.73 Å². The van der Waals surface area contributed by atoms with Gasteiger partial charge in [0.25, 0.3) is 0 Å². The maximum atomic E-state index is 11.1. The summed E-state index contributed by atoms with van der Waals surface area (Å²) in [5.74, 6) is -0.452. The Balaban J connectivity index is 0.00000196. The lowest BCUT2D eigenvalue weighted by Gasteiger charge is -2.10. The van der Waals surface area contributed by atoms with Crippen molar-refractivity contribution in [3.63, 3.8) is 0 Å². The van der Waals surface area contributed by atoms with E-state index in [1.807, 2.05) is 6.92 Å². The van der Waals surface area contributed by atoms with Crippen LogP contribution in [-0.4, -0.2) is 13.1 Å². The van der Waals surface area contributed by atoms with Gasteiger partial charge in [-0.15, -0.1) is 12.4 Å². The zero-order valence-electron chi connectivity index (χ0n) is 8.49. The molecule has 0 saturated carbocycles. The van der Waals surface area contributed by atoms with Crippen molar-refractivity contribution in [2.75, 3.05) is 7.11 Å². The van der Waals surface area contributed by atoms with Crippen molar-refractivity contribution in [2.24, 2.45) is 5.73 Å². The summed E-state index contributed by atoms with van der Waals surface area (Å²) in [6.07, 6.45) is 0. The standard InChI is InChI=1S/C10H12ClNO2.ClH/c1-6-5-7(3-4-8(6)11)9(12)10(13)14-2;/h3-5,9H,12H2,1-2H3;1H/t9-;/m0./s1. The van der Waals surface area contributed by atoms with E-state index in [2.05, 4.69) is 4.74 Å². The average molecular weight is 250 g/mol. The highest BCUT2D eigenvalue weighted by Gasteiger charge is 2.16. The van der Waals surface area contributed by atoms with Crippen molar-refractivity contribution < 1.29 is 9.53 Å². The van der Waals surface area contributed by atoms with Crippen molar-refractivity contribution >= 4 is 30.0 Å². The molecule has 1 aromatic rings. The largest absolute Gasteiger partial charge is 0.468 e. The molecule has 0 amide bonds. The molecule has 0 unspecified atom stereocenters. The smallest absolute Gasteiger partial charge is 0.327 e. The predicted octanol–water partition coefficient (Wildman–Crippen LogP) is 2.24. The molecule has 0 aliphatic heterocycles. The van der Waals surface area contributed by atoms with Crippen LogP contribution in [0.3, 0.4) is 0 Å². The highest BCUT2D eigenvalue weighted by molar-refractivity contribution is 6.31. The lowest BCUT2D eigenvalue weighted by molar-refractivity contribution is -0.142. The molecule has 3 nitrogen and oxygen atoms in total. The van der Waals surface area contributed by atoms with E-state index in [1.165, 1.54) is 7.11 Å². The van der Waals surface area contributed by atoms with Gasteiger partial charge in [-0.3, -0.25) is 4.79 Å². The summed E-state index contributed by atoms with van der Waals surface area (Å²) in [5, 5.41) is 0.658. The summed E-state index contributed by atoms with van der Waals surface area (Å²) in [4.78, 5) is 11.1. The van der Waals surface area contributed by atoms with Gasteiger partial charge < -0.3 is 10.5 Å². The van der Waals surface area contributed by atoms with E-state index in [9.17, 15) is 4.79 Å². The summed E-state index contributed by atoms with van der Waals surface area (Å²) >= 11 is 5.84. The fourth-order valence-corrected chi connectivity index (χ4v) is 1.24. The van der Waals surface area contributed by atoms with Gasteiger partial charge in [0.15, 0.2) is 0 Å². The minimum absolute atomic E-state index is 0. The van der Waals surface area contributed by atoms with Gasteiger partial charge in [0.05, 0.1) is 7.11 Å². The molecule has 1 aromatic carbocycles. The van der Waals surface area contributed by atoms with Crippen LogP contribution in [0.2, 0.25) is 5.02 Å².